The van der Waals surface area contributed by atoms with E-state index in [1.807, 2.05) is 0 Å². The number of aromatic nitrogens is 2. The lowest BCUT2D eigenvalue weighted by Crippen LogP contribution is -2.29. The SMILES string of the molecule is Cc1cc(NS(=O)(=O)N(C)C)n(C)n1. The second-order valence-corrected chi connectivity index (χ2v) is 5.07. The molecule has 80 valence electrons. The third-order valence-electron chi connectivity index (χ3n) is 1.72. The van der Waals surface area contributed by atoms with Crippen LogP contribution in [-0.2, 0) is 17.3 Å². The van der Waals surface area contributed by atoms with Crippen LogP contribution in [0.25, 0.3) is 0 Å². The molecule has 6 nitrogen and oxygen atoms in total. The normalized spacial score (nSPS) is 12.1. The standard InChI is InChI=1S/C7H14N4O2S/c1-6-5-7(11(4)8-6)9-14(12,13)10(2)3/h5,9H,1-4H3. The van der Waals surface area contributed by atoms with Crippen LogP contribution in [0.15, 0.2) is 6.07 Å². The first kappa shape index (κ1) is 11.0. The summed E-state index contributed by atoms with van der Waals surface area (Å²) in [5.41, 5.74) is 0.768. The van der Waals surface area contributed by atoms with Gasteiger partial charge in [0.05, 0.1) is 5.69 Å². The molecule has 0 aliphatic rings. The third-order valence-corrected chi connectivity index (χ3v) is 3.14. The highest BCUT2D eigenvalue weighted by molar-refractivity contribution is 7.90. The minimum Gasteiger partial charge on any atom is -0.255 e. The summed E-state index contributed by atoms with van der Waals surface area (Å²) >= 11 is 0. The molecule has 1 N–H and O–H groups in total. The third kappa shape index (κ3) is 2.24. The van der Waals surface area contributed by atoms with E-state index < -0.39 is 10.2 Å². The number of hydrogen-bond donors (Lipinski definition) is 1. The smallest absolute Gasteiger partial charge is 0.255 e. The summed E-state index contributed by atoms with van der Waals surface area (Å²) in [6, 6.07) is 1.67. The van der Waals surface area contributed by atoms with E-state index in [1.165, 1.54) is 18.8 Å². The molecule has 0 amide bonds. The maximum atomic E-state index is 11.4. The molecule has 1 aromatic rings. The van der Waals surface area contributed by atoms with Gasteiger partial charge in [0.25, 0.3) is 0 Å². The summed E-state index contributed by atoms with van der Waals surface area (Å²) in [6.07, 6.45) is 0. The zero-order valence-corrected chi connectivity index (χ0v) is 9.46. The van der Waals surface area contributed by atoms with Crippen molar-refractivity contribution in [2.24, 2.45) is 7.05 Å². The zero-order valence-electron chi connectivity index (χ0n) is 8.64. The Morgan fingerprint density at radius 1 is 1.50 bits per heavy atom. The lowest BCUT2D eigenvalue weighted by atomic mass is 10.5. The molecule has 14 heavy (non-hydrogen) atoms. The van der Waals surface area contributed by atoms with Gasteiger partial charge in [0.15, 0.2) is 0 Å². The van der Waals surface area contributed by atoms with Crippen molar-refractivity contribution >= 4 is 16.0 Å². The van der Waals surface area contributed by atoms with Crippen molar-refractivity contribution in [2.45, 2.75) is 6.92 Å². The average molecular weight is 218 g/mol. The molecule has 1 rings (SSSR count). The van der Waals surface area contributed by atoms with Gasteiger partial charge in [-0.1, -0.05) is 0 Å². The molecule has 0 atom stereocenters. The molecule has 0 aliphatic heterocycles. The molecule has 0 spiro atoms. The van der Waals surface area contributed by atoms with Crippen molar-refractivity contribution in [3.05, 3.63) is 11.8 Å². The largest absolute Gasteiger partial charge is 0.302 e. The minimum atomic E-state index is -3.44. The van der Waals surface area contributed by atoms with Gasteiger partial charge in [-0.05, 0) is 6.92 Å². The number of nitrogens with one attached hydrogen (secondary N) is 1. The Labute approximate surface area is 83.7 Å². The summed E-state index contributed by atoms with van der Waals surface area (Å²) in [7, 11) is 1.17. The highest BCUT2D eigenvalue weighted by atomic mass is 32.2. The predicted octanol–water partition coefficient (Wildman–Crippen LogP) is -0.0532. The van der Waals surface area contributed by atoms with Crippen molar-refractivity contribution in [2.75, 3.05) is 18.8 Å². The number of rotatable bonds is 3. The first-order chi connectivity index (χ1) is 6.33. The highest BCUT2D eigenvalue weighted by Gasteiger charge is 2.15. The quantitative estimate of drug-likeness (QED) is 0.773. The maximum Gasteiger partial charge on any atom is 0.302 e. The Balaban J connectivity index is 2.95. The summed E-state index contributed by atoms with van der Waals surface area (Å²) in [4.78, 5) is 0. The van der Waals surface area contributed by atoms with Gasteiger partial charge < -0.3 is 0 Å². The zero-order chi connectivity index (χ0) is 10.9. The summed E-state index contributed by atoms with van der Waals surface area (Å²) in [6.45, 7) is 1.80. The second-order valence-electron chi connectivity index (χ2n) is 3.18. The molecule has 7 heteroatoms. The van der Waals surface area contributed by atoms with Gasteiger partial charge in [0.1, 0.15) is 5.82 Å². The number of hydrogen-bond acceptors (Lipinski definition) is 3. The van der Waals surface area contributed by atoms with Crippen LogP contribution >= 0.6 is 0 Å². The van der Waals surface area contributed by atoms with Gasteiger partial charge in [0, 0.05) is 27.2 Å². The van der Waals surface area contributed by atoms with E-state index in [-0.39, 0.29) is 0 Å². The highest BCUT2D eigenvalue weighted by Crippen LogP contribution is 2.10. The van der Waals surface area contributed by atoms with Gasteiger partial charge in [-0.15, -0.1) is 0 Å². The monoisotopic (exact) mass is 218 g/mol. The summed E-state index contributed by atoms with van der Waals surface area (Å²) in [5, 5.41) is 4.03. The Bertz CT molecular complexity index is 421. The van der Waals surface area contributed by atoms with E-state index in [1.54, 1.807) is 20.0 Å². The van der Waals surface area contributed by atoms with E-state index in [2.05, 4.69) is 9.82 Å². The Hall–Kier alpha value is -1.08. The van der Waals surface area contributed by atoms with Crippen molar-refractivity contribution in [1.29, 1.82) is 0 Å². The van der Waals surface area contributed by atoms with Gasteiger partial charge >= 0.3 is 10.2 Å². The van der Waals surface area contributed by atoms with Gasteiger partial charge in [-0.25, -0.2) is 0 Å². The lowest BCUT2D eigenvalue weighted by Gasteiger charge is -2.12. The van der Waals surface area contributed by atoms with Crippen molar-refractivity contribution < 1.29 is 8.42 Å². The van der Waals surface area contributed by atoms with Crippen LogP contribution < -0.4 is 4.72 Å². The van der Waals surface area contributed by atoms with Crippen LogP contribution in [0, 0.1) is 6.92 Å². The Kier molecular flexibility index (Phi) is 2.81. The van der Waals surface area contributed by atoms with Crippen molar-refractivity contribution in [3.63, 3.8) is 0 Å². The Morgan fingerprint density at radius 3 is 2.43 bits per heavy atom. The molecule has 0 bridgehead atoms. The molecule has 1 aromatic heterocycles. The molecule has 0 saturated carbocycles. The molecule has 0 aliphatic carbocycles. The Morgan fingerprint density at radius 2 is 2.07 bits per heavy atom. The van der Waals surface area contributed by atoms with Crippen LogP contribution in [0.1, 0.15) is 5.69 Å². The van der Waals surface area contributed by atoms with E-state index in [0.717, 1.165) is 10.00 Å². The fraction of sp³-hybridized carbons (Fsp3) is 0.571. The lowest BCUT2D eigenvalue weighted by molar-refractivity contribution is 0.526. The average Bonchev–Trinajstić information content (AvgIpc) is 2.29. The topological polar surface area (TPSA) is 67.2 Å². The van der Waals surface area contributed by atoms with E-state index in [9.17, 15) is 8.42 Å². The molecule has 0 fully saturated rings. The van der Waals surface area contributed by atoms with Gasteiger partial charge in [-0.2, -0.15) is 17.8 Å². The summed E-state index contributed by atoms with van der Waals surface area (Å²) in [5.74, 6) is 0.455. The number of aryl methyl sites for hydroxylation is 2. The molecule has 0 unspecified atom stereocenters. The van der Waals surface area contributed by atoms with E-state index in [0.29, 0.717) is 5.82 Å². The van der Waals surface area contributed by atoms with Gasteiger partial charge in [-0.3, -0.25) is 9.40 Å². The second kappa shape index (κ2) is 3.58. The van der Waals surface area contributed by atoms with Crippen LogP contribution in [0.4, 0.5) is 5.82 Å². The van der Waals surface area contributed by atoms with Gasteiger partial charge in [0.2, 0.25) is 0 Å². The minimum absolute atomic E-state index is 0.455. The fourth-order valence-corrected chi connectivity index (χ4v) is 1.57. The van der Waals surface area contributed by atoms with E-state index >= 15 is 0 Å². The van der Waals surface area contributed by atoms with E-state index in [4.69, 9.17) is 0 Å². The molecule has 0 radical (unpaired) electrons. The van der Waals surface area contributed by atoms with Crippen LogP contribution in [-0.4, -0.2) is 36.6 Å². The molecule has 0 saturated heterocycles. The number of nitrogens with zero attached hydrogens (tertiary/aromatic N) is 3. The molecule has 0 aromatic carbocycles. The first-order valence-corrected chi connectivity index (χ1v) is 5.48. The fourth-order valence-electron chi connectivity index (χ4n) is 0.930. The first-order valence-electron chi connectivity index (χ1n) is 4.04. The summed E-state index contributed by atoms with van der Waals surface area (Å²) < 4.78 is 27.9. The predicted molar refractivity (Wildman–Crippen MR) is 54.2 cm³/mol. The molecular formula is C7H14N4O2S. The van der Waals surface area contributed by atoms with Crippen LogP contribution in [0.2, 0.25) is 0 Å². The molecule has 1 heterocycles. The van der Waals surface area contributed by atoms with Crippen LogP contribution in [0.3, 0.4) is 0 Å². The maximum absolute atomic E-state index is 11.4. The van der Waals surface area contributed by atoms with Crippen molar-refractivity contribution in [1.82, 2.24) is 14.1 Å². The number of anilines is 1. The van der Waals surface area contributed by atoms with Crippen LogP contribution in [0.5, 0.6) is 0 Å². The van der Waals surface area contributed by atoms with Crippen molar-refractivity contribution in [3.8, 4) is 0 Å². The molecular weight excluding hydrogens is 204 g/mol.